The largest absolute Gasteiger partial charge is 0.370 e. The summed E-state index contributed by atoms with van der Waals surface area (Å²) in [7, 11) is 0. The van der Waals surface area contributed by atoms with Gasteiger partial charge in [-0.15, -0.1) is 0 Å². The van der Waals surface area contributed by atoms with Crippen molar-refractivity contribution in [2.75, 3.05) is 36.8 Å². The molecule has 0 aliphatic carbocycles. The lowest BCUT2D eigenvalue weighted by molar-refractivity contribution is 0.180. The molecule has 5 nitrogen and oxygen atoms in total. The van der Waals surface area contributed by atoms with E-state index in [9.17, 15) is 0 Å². The summed E-state index contributed by atoms with van der Waals surface area (Å²) >= 11 is 0. The van der Waals surface area contributed by atoms with Gasteiger partial charge in [-0.1, -0.05) is 13.3 Å². The Hall–Kier alpha value is -1.36. The highest BCUT2D eigenvalue weighted by atomic mass is 15.2. The van der Waals surface area contributed by atoms with Crippen LogP contribution in [-0.2, 0) is 0 Å². The van der Waals surface area contributed by atoms with Crippen LogP contribution in [0.4, 0.5) is 11.6 Å². The number of nitrogens with one attached hydrogen (secondary N) is 2. The maximum absolute atomic E-state index is 4.38. The van der Waals surface area contributed by atoms with Crippen LogP contribution in [0.15, 0.2) is 6.33 Å². The van der Waals surface area contributed by atoms with Gasteiger partial charge in [-0.05, 0) is 46.2 Å². The minimum atomic E-state index is 0.548. The highest BCUT2D eigenvalue weighted by molar-refractivity contribution is 5.56. The van der Waals surface area contributed by atoms with Crippen LogP contribution in [0.25, 0.3) is 0 Å². The number of piperidine rings is 1. The molecule has 2 rings (SSSR count). The van der Waals surface area contributed by atoms with E-state index in [4.69, 9.17) is 0 Å². The van der Waals surface area contributed by atoms with Gasteiger partial charge in [-0.2, -0.15) is 0 Å². The SMILES string of the molecule is CCCNc1ncnc(NCC(C)N2CCCCC2)c1C. The molecular weight excluding hydrogens is 262 g/mol. The predicted octanol–water partition coefficient (Wildman–Crippen LogP) is 2.89. The fourth-order valence-corrected chi connectivity index (χ4v) is 2.78. The number of nitrogens with zero attached hydrogens (tertiary/aromatic N) is 3. The van der Waals surface area contributed by atoms with E-state index < -0.39 is 0 Å². The van der Waals surface area contributed by atoms with Crippen LogP contribution in [0.5, 0.6) is 0 Å². The topological polar surface area (TPSA) is 53.1 Å². The Morgan fingerprint density at radius 3 is 2.48 bits per heavy atom. The number of likely N-dealkylation sites (tertiary alicyclic amines) is 1. The summed E-state index contributed by atoms with van der Waals surface area (Å²) in [5, 5.41) is 6.85. The van der Waals surface area contributed by atoms with Crippen LogP contribution < -0.4 is 10.6 Å². The first-order valence-electron chi connectivity index (χ1n) is 8.25. The standard InChI is InChI=1S/C16H29N5/c1-4-8-17-15-14(3)16(20-12-19-15)18-11-13(2)21-9-6-5-7-10-21/h12-13H,4-11H2,1-3H3,(H2,17,18,19,20). The smallest absolute Gasteiger partial charge is 0.134 e. The van der Waals surface area contributed by atoms with Gasteiger partial charge in [0.2, 0.25) is 0 Å². The van der Waals surface area contributed by atoms with Crippen molar-refractivity contribution in [3.05, 3.63) is 11.9 Å². The molecule has 1 unspecified atom stereocenters. The Morgan fingerprint density at radius 2 is 1.81 bits per heavy atom. The normalized spacial score (nSPS) is 17.5. The van der Waals surface area contributed by atoms with Gasteiger partial charge in [-0.3, -0.25) is 4.90 Å². The fraction of sp³-hybridized carbons (Fsp3) is 0.750. The number of anilines is 2. The number of hydrogen-bond acceptors (Lipinski definition) is 5. The number of rotatable bonds is 7. The molecule has 0 bridgehead atoms. The van der Waals surface area contributed by atoms with E-state index in [1.165, 1.54) is 32.4 Å². The van der Waals surface area contributed by atoms with E-state index in [0.29, 0.717) is 6.04 Å². The molecule has 0 saturated carbocycles. The first-order chi connectivity index (χ1) is 10.2. The molecule has 1 aliphatic rings. The van der Waals surface area contributed by atoms with Crippen molar-refractivity contribution < 1.29 is 0 Å². The van der Waals surface area contributed by atoms with E-state index >= 15 is 0 Å². The minimum Gasteiger partial charge on any atom is -0.370 e. The zero-order valence-corrected chi connectivity index (χ0v) is 13.7. The number of aromatic nitrogens is 2. The van der Waals surface area contributed by atoms with Gasteiger partial charge in [0, 0.05) is 24.7 Å². The van der Waals surface area contributed by atoms with Crippen LogP contribution in [0.2, 0.25) is 0 Å². The van der Waals surface area contributed by atoms with Crippen LogP contribution >= 0.6 is 0 Å². The maximum atomic E-state index is 4.38. The molecule has 1 atom stereocenters. The molecule has 0 aromatic carbocycles. The van der Waals surface area contributed by atoms with Gasteiger partial charge in [0.05, 0.1) is 0 Å². The molecule has 0 spiro atoms. The minimum absolute atomic E-state index is 0.548. The van der Waals surface area contributed by atoms with Gasteiger partial charge in [0.1, 0.15) is 18.0 Å². The summed E-state index contributed by atoms with van der Waals surface area (Å²) in [4.78, 5) is 11.3. The second-order valence-electron chi connectivity index (χ2n) is 5.95. The highest BCUT2D eigenvalue weighted by Crippen LogP contribution is 2.19. The summed E-state index contributed by atoms with van der Waals surface area (Å²) < 4.78 is 0. The third-order valence-corrected chi connectivity index (χ3v) is 4.21. The Kier molecular flexibility index (Phi) is 6.23. The predicted molar refractivity (Wildman–Crippen MR) is 88.9 cm³/mol. The molecule has 1 saturated heterocycles. The quantitative estimate of drug-likeness (QED) is 0.809. The molecule has 5 heteroatoms. The number of hydrogen-bond donors (Lipinski definition) is 2. The van der Waals surface area contributed by atoms with E-state index in [2.05, 4.69) is 46.3 Å². The van der Waals surface area contributed by atoms with Crippen LogP contribution in [0.3, 0.4) is 0 Å². The van der Waals surface area contributed by atoms with E-state index in [1.54, 1.807) is 6.33 Å². The Morgan fingerprint density at radius 1 is 1.14 bits per heavy atom. The summed E-state index contributed by atoms with van der Waals surface area (Å²) in [6.07, 6.45) is 6.79. The summed E-state index contributed by atoms with van der Waals surface area (Å²) in [6.45, 7) is 10.9. The zero-order valence-electron chi connectivity index (χ0n) is 13.7. The Bertz CT molecular complexity index is 429. The van der Waals surface area contributed by atoms with Crippen molar-refractivity contribution in [1.29, 1.82) is 0 Å². The molecule has 1 aromatic rings. The zero-order chi connectivity index (χ0) is 15.1. The monoisotopic (exact) mass is 291 g/mol. The molecule has 2 heterocycles. The Balaban J connectivity index is 1.89. The molecule has 0 radical (unpaired) electrons. The van der Waals surface area contributed by atoms with Gasteiger partial charge in [0.25, 0.3) is 0 Å². The van der Waals surface area contributed by atoms with Gasteiger partial charge in [0.15, 0.2) is 0 Å². The van der Waals surface area contributed by atoms with Gasteiger partial charge < -0.3 is 10.6 Å². The average Bonchev–Trinajstić information content (AvgIpc) is 2.53. The second-order valence-corrected chi connectivity index (χ2v) is 5.95. The molecule has 1 fully saturated rings. The molecule has 2 N–H and O–H groups in total. The molecule has 0 amide bonds. The van der Waals surface area contributed by atoms with Crippen molar-refractivity contribution >= 4 is 11.6 Å². The summed E-state index contributed by atoms with van der Waals surface area (Å²) in [6, 6.07) is 0.548. The van der Waals surface area contributed by atoms with E-state index in [0.717, 1.165) is 36.7 Å². The highest BCUT2D eigenvalue weighted by Gasteiger charge is 2.17. The van der Waals surface area contributed by atoms with Gasteiger partial charge >= 0.3 is 0 Å². The summed E-state index contributed by atoms with van der Waals surface area (Å²) in [5.41, 5.74) is 1.11. The third-order valence-electron chi connectivity index (χ3n) is 4.21. The lowest BCUT2D eigenvalue weighted by Crippen LogP contribution is -2.41. The first-order valence-corrected chi connectivity index (χ1v) is 8.25. The van der Waals surface area contributed by atoms with Crippen molar-refractivity contribution in [2.45, 2.75) is 52.5 Å². The molecular formula is C16H29N5. The summed E-state index contributed by atoms with van der Waals surface area (Å²) in [5.74, 6) is 1.90. The van der Waals surface area contributed by atoms with Crippen molar-refractivity contribution in [3.63, 3.8) is 0 Å². The first kappa shape index (κ1) is 16.0. The Labute approximate surface area is 128 Å². The lowest BCUT2D eigenvalue weighted by Gasteiger charge is -2.32. The van der Waals surface area contributed by atoms with E-state index in [1.807, 2.05) is 0 Å². The molecule has 1 aliphatic heterocycles. The third kappa shape index (κ3) is 4.56. The van der Waals surface area contributed by atoms with Crippen molar-refractivity contribution in [3.8, 4) is 0 Å². The lowest BCUT2D eigenvalue weighted by atomic mass is 10.1. The molecule has 118 valence electrons. The molecule has 1 aromatic heterocycles. The average molecular weight is 291 g/mol. The van der Waals surface area contributed by atoms with Gasteiger partial charge in [-0.25, -0.2) is 9.97 Å². The van der Waals surface area contributed by atoms with Crippen LogP contribution in [-0.4, -0.2) is 47.1 Å². The molecule has 21 heavy (non-hydrogen) atoms. The van der Waals surface area contributed by atoms with Crippen LogP contribution in [0, 0.1) is 6.92 Å². The maximum Gasteiger partial charge on any atom is 0.134 e. The fourth-order valence-electron chi connectivity index (χ4n) is 2.78. The van der Waals surface area contributed by atoms with E-state index in [-0.39, 0.29) is 0 Å². The van der Waals surface area contributed by atoms with Crippen LogP contribution in [0.1, 0.15) is 45.1 Å². The van der Waals surface area contributed by atoms with Crippen molar-refractivity contribution in [1.82, 2.24) is 14.9 Å². The van der Waals surface area contributed by atoms with Crippen molar-refractivity contribution in [2.24, 2.45) is 0 Å². The second kappa shape index (κ2) is 8.17.